The van der Waals surface area contributed by atoms with E-state index in [1.165, 1.54) is 16.8 Å². The van der Waals surface area contributed by atoms with Crippen molar-refractivity contribution in [2.24, 2.45) is 0 Å². The van der Waals surface area contributed by atoms with Crippen LogP contribution in [0.4, 0.5) is 0 Å². The fraction of sp³-hybridized carbons (Fsp3) is 0.292. The Hall–Kier alpha value is -3.12. The molecule has 0 radical (unpaired) electrons. The molecule has 1 saturated carbocycles. The van der Waals surface area contributed by atoms with Crippen molar-refractivity contribution in [3.05, 3.63) is 69.4 Å². The van der Waals surface area contributed by atoms with Crippen molar-refractivity contribution in [1.82, 2.24) is 9.78 Å². The number of carboxylic acid groups (broad SMARTS) is 1. The quantitative estimate of drug-likeness (QED) is 0.596. The summed E-state index contributed by atoms with van der Waals surface area (Å²) in [5.74, 6) is -1.39. The zero-order chi connectivity index (χ0) is 21.7. The molecule has 2 aliphatic rings. The van der Waals surface area contributed by atoms with Gasteiger partial charge in [0.2, 0.25) is 0 Å². The molecule has 0 atom stereocenters. The van der Waals surface area contributed by atoms with E-state index in [-0.39, 0.29) is 17.2 Å². The third-order valence-corrected chi connectivity index (χ3v) is 6.47. The van der Waals surface area contributed by atoms with Gasteiger partial charge in [-0.2, -0.15) is 9.78 Å². The average molecular weight is 437 g/mol. The second kappa shape index (κ2) is 7.54. The third-order valence-electron chi connectivity index (χ3n) is 6.15. The number of hydrogen-bond acceptors (Lipinski definition) is 4. The second-order valence-electron chi connectivity index (χ2n) is 8.21. The normalized spacial score (nSPS) is 15.5. The Morgan fingerprint density at radius 2 is 1.87 bits per heavy atom. The molecule has 1 aromatic heterocycles. The summed E-state index contributed by atoms with van der Waals surface area (Å²) in [7, 11) is 0. The van der Waals surface area contributed by atoms with Crippen molar-refractivity contribution in [2.75, 3.05) is 0 Å². The topological polar surface area (TPSA) is 92.4 Å². The molecule has 0 unspecified atom stereocenters. The van der Waals surface area contributed by atoms with Gasteiger partial charge in [0, 0.05) is 11.1 Å². The van der Waals surface area contributed by atoms with Gasteiger partial charge >= 0.3 is 5.97 Å². The predicted molar refractivity (Wildman–Crippen MR) is 116 cm³/mol. The first-order chi connectivity index (χ1) is 15.0. The van der Waals surface area contributed by atoms with Crippen LogP contribution in [-0.4, -0.2) is 31.9 Å². The van der Waals surface area contributed by atoms with Crippen LogP contribution in [0, 0.1) is 0 Å². The minimum atomic E-state index is -1.20. The van der Waals surface area contributed by atoms with Crippen LogP contribution >= 0.6 is 11.6 Å². The molecular weight excluding hydrogens is 416 g/mol. The Kier molecular flexibility index (Phi) is 4.82. The van der Waals surface area contributed by atoms with E-state index in [2.05, 4.69) is 5.10 Å². The van der Waals surface area contributed by atoms with E-state index in [1.807, 2.05) is 12.1 Å². The van der Waals surface area contributed by atoms with Crippen molar-refractivity contribution in [3.63, 3.8) is 0 Å². The van der Waals surface area contributed by atoms with Crippen LogP contribution < -0.4 is 0 Å². The highest BCUT2D eigenvalue weighted by Gasteiger charge is 2.32. The first kappa shape index (κ1) is 19.8. The summed E-state index contributed by atoms with van der Waals surface area (Å²) >= 11 is 6.47. The zero-order valence-electron chi connectivity index (χ0n) is 16.8. The van der Waals surface area contributed by atoms with Crippen molar-refractivity contribution in [3.8, 4) is 17.0 Å². The highest BCUT2D eigenvalue weighted by atomic mass is 35.5. The molecule has 2 N–H and O–H groups in total. The summed E-state index contributed by atoms with van der Waals surface area (Å²) < 4.78 is 1.47. The maximum absolute atomic E-state index is 13.6. The molecule has 2 aromatic carbocycles. The largest absolute Gasteiger partial charge is 0.507 e. The number of carbonyl (C=O) groups excluding carboxylic acids is 1. The van der Waals surface area contributed by atoms with Gasteiger partial charge in [0.1, 0.15) is 11.3 Å². The van der Waals surface area contributed by atoms with Crippen molar-refractivity contribution in [2.45, 2.75) is 44.4 Å². The van der Waals surface area contributed by atoms with Gasteiger partial charge < -0.3 is 10.2 Å². The lowest BCUT2D eigenvalue weighted by molar-refractivity contribution is 0.0693. The zero-order valence-corrected chi connectivity index (χ0v) is 17.5. The Morgan fingerprint density at radius 3 is 2.58 bits per heavy atom. The summed E-state index contributed by atoms with van der Waals surface area (Å²) in [6.45, 7) is 0. The van der Waals surface area contributed by atoms with Crippen LogP contribution in [0.2, 0.25) is 5.02 Å². The smallest absolute Gasteiger partial charge is 0.339 e. The number of carbonyl (C=O) groups is 2. The number of fused-ring (bicyclic) bond motifs is 1. The molecule has 6 nitrogen and oxygen atoms in total. The molecule has 0 amide bonds. The number of carboxylic acids is 1. The molecule has 0 spiro atoms. The van der Waals surface area contributed by atoms with Crippen LogP contribution in [0.1, 0.15) is 69.1 Å². The summed E-state index contributed by atoms with van der Waals surface area (Å²) in [6, 6.07) is 9.98. The molecule has 1 heterocycles. The Morgan fingerprint density at radius 1 is 1.10 bits per heavy atom. The van der Waals surface area contributed by atoms with Crippen LogP contribution in [-0.2, 0) is 12.8 Å². The molecule has 3 aromatic rings. The fourth-order valence-electron chi connectivity index (χ4n) is 4.47. The van der Waals surface area contributed by atoms with Gasteiger partial charge in [-0.15, -0.1) is 0 Å². The van der Waals surface area contributed by atoms with E-state index < -0.39 is 5.97 Å². The molecular formula is C24H21ClN2O4. The van der Waals surface area contributed by atoms with Crippen LogP contribution in [0.5, 0.6) is 5.75 Å². The van der Waals surface area contributed by atoms with E-state index in [4.69, 9.17) is 11.6 Å². The van der Waals surface area contributed by atoms with Crippen molar-refractivity contribution < 1.29 is 19.8 Å². The number of rotatable bonds is 4. The van der Waals surface area contributed by atoms with E-state index in [9.17, 15) is 19.8 Å². The molecule has 31 heavy (non-hydrogen) atoms. The number of benzene rings is 2. The average Bonchev–Trinajstić information content (AvgIpc) is 3.53. The number of aromatic carboxylic acids is 1. The summed E-state index contributed by atoms with van der Waals surface area (Å²) in [4.78, 5) is 24.9. The van der Waals surface area contributed by atoms with Gasteiger partial charge in [-0.25, -0.2) is 4.79 Å². The van der Waals surface area contributed by atoms with Gasteiger partial charge in [-0.3, -0.25) is 4.79 Å². The molecule has 5 rings (SSSR count). The first-order valence-electron chi connectivity index (χ1n) is 10.5. The number of phenols is 1. The van der Waals surface area contributed by atoms with Crippen LogP contribution in [0.15, 0.2) is 36.4 Å². The number of hydrogen-bond donors (Lipinski definition) is 2. The lowest BCUT2D eigenvalue weighted by Crippen LogP contribution is -2.20. The molecule has 0 saturated heterocycles. The van der Waals surface area contributed by atoms with E-state index in [0.29, 0.717) is 27.8 Å². The SMILES string of the molecule is O=C(O)c1ccc(-c2nn(C(=O)c3c(Cl)cccc3C3CC3)c3c2CCCC3)cc1O. The summed E-state index contributed by atoms with van der Waals surface area (Å²) in [5, 5.41) is 24.4. The molecule has 0 aliphatic heterocycles. The standard InChI is InChI=1S/C24H21ClN2O4/c25-18-6-3-5-15(13-8-9-13)21(18)23(29)27-19-7-2-1-4-16(19)22(26-27)14-10-11-17(24(30)31)20(28)12-14/h3,5-6,10-13,28H,1-2,4,7-9H2,(H,30,31). The third kappa shape index (κ3) is 3.41. The Labute approximate surface area is 184 Å². The van der Waals surface area contributed by atoms with Gasteiger partial charge in [0.05, 0.1) is 22.0 Å². The molecule has 158 valence electrons. The maximum Gasteiger partial charge on any atom is 0.339 e. The fourth-order valence-corrected chi connectivity index (χ4v) is 4.73. The lowest BCUT2D eigenvalue weighted by Gasteiger charge is -2.15. The molecule has 7 heteroatoms. The number of aromatic nitrogens is 2. The first-order valence-corrected chi connectivity index (χ1v) is 10.8. The lowest BCUT2D eigenvalue weighted by atomic mass is 9.93. The highest BCUT2D eigenvalue weighted by Crippen LogP contribution is 2.43. The van der Waals surface area contributed by atoms with Gasteiger partial charge in [0.15, 0.2) is 0 Å². The van der Waals surface area contributed by atoms with Crippen LogP contribution in [0.3, 0.4) is 0 Å². The molecule has 1 fully saturated rings. The highest BCUT2D eigenvalue weighted by molar-refractivity contribution is 6.34. The Bertz CT molecular complexity index is 1230. The Balaban J connectivity index is 1.64. The number of nitrogens with zero attached hydrogens (tertiary/aromatic N) is 2. The summed E-state index contributed by atoms with van der Waals surface area (Å²) in [6.07, 6.45) is 5.57. The minimum Gasteiger partial charge on any atom is -0.507 e. The second-order valence-corrected chi connectivity index (χ2v) is 8.62. The monoisotopic (exact) mass is 436 g/mol. The van der Waals surface area contributed by atoms with E-state index >= 15 is 0 Å². The number of halogens is 1. The van der Waals surface area contributed by atoms with Gasteiger partial charge in [-0.1, -0.05) is 29.8 Å². The molecule has 2 aliphatic carbocycles. The predicted octanol–water partition coefficient (Wildman–Crippen LogP) is 5.05. The number of aromatic hydroxyl groups is 1. The summed E-state index contributed by atoms with van der Waals surface area (Å²) in [5.41, 5.74) is 4.36. The van der Waals surface area contributed by atoms with Gasteiger partial charge in [-0.05, 0) is 68.2 Å². The van der Waals surface area contributed by atoms with E-state index in [0.717, 1.165) is 55.3 Å². The molecule has 0 bridgehead atoms. The van der Waals surface area contributed by atoms with Crippen molar-refractivity contribution in [1.29, 1.82) is 0 Å². The van der Waals surface area contributed by atoms with Gasteiger partial charge in [0.25, 0.3) is 5.91 Å². The van der Waals surface area contributed by atoms with Crippen molar-refractivity contribution >= 4 is 23.5 Å². The van der Waals surface area contributed by atoms with Crippen LogP contribution in [0.25, 0.3) is 11.3 Å². The van der Waals surface area contributed by atoms with E-state index in [1.54, 1.807) is 12.1 Å². The minimum absolute atomic E-state index is 0.168. The maximum atomic E-state index is 13.6.